The molecule has 0 saturated heterocycles. The van der Waals surface area contributed by atoms with Crippen molar-refractivity contribution in [1.29, 1.82) is 0 Å². The minimum atomic E-state index is -0.781. The van der Waals surface area contributed by atoms with Crippen molar-refractivity contribution >= 4 is 43.9 Å². The number of rotatable bonds is 6. The normalized spacial score (nSPS) is 12.0. The molecular weight excluding hydrogens is 462 g/mol. The summed E-state index contributed by atoms with van der Waals surface area (Å²) in [7, 11) is 3.07. The molecule has 0 fully saturated rings. The number of hydrogen-bond donors (Lipinski definition) is 1. The molecule has 35 heavy (non-hydrogen) atoms. The standard InChI is InChI=1S/C27H23N3O4S/c1-16(25(31)29-20-10-11-22(33-2)23(13-20)34-3)30-15-28-26-24(27(30)32)21(14-35-26)19-9-8-17-6-4-5-7-18(17)12-19/h4-16H,1-3H3,(H,29,31). The van der Waals surface area contributed by atoms with E-state index in [2.05, 4.69) is 22.4 Å². The first kappa shape index (κ1) is 22.6. The number of nitrogens with one attached hydrogen (secondary N) is 1. The molecule has 0 radical (unpaired) electrons. The molecule has 0 aliphatic rings. The van der Waals surface area contributed by atoms with E-state index in [1.165, 1.54) is 29.3 Å². The SMILES string of the molecule is COc1ccc(NC(=O)C(C)n2cnc3scc(-c4ccc5ccccc5c4)c3c2=O)cc1OC. The van der Waals surface area contributed by atoms with E-state index in [-0.39, 0.29) is 11.5 Å². The van der Waals surface area contributed by atoms with E-state index in [4.69, 9.17) is 9.47 Å². The van der Waals surface area contributed by atoms with Crippen LogP contribution >= 0.6 is 11.3 Å². The van der Waals surface area contributed by atoms with Crippen LogP contribution in [0.4, 0.5) is 5.69 Å². The topological polar surface area (TPSA) is 82.5 Å². The van der Waals surface area contributed by atoms with E-state index < -0.39 is 6.04 Å². The molecule has 8 heteroatoms. The summed E-state index contributed by atoms with van der Waals surface area (Å²) in [4.78, 5) is 31.7. The predicted molar refractivity (Wildman–Crippen MR) is 140 cm³/mol. The number of fused-ring (bicyclic) bond motifs is 2. The van der Waals surface area contributed by atoms with E-state index in [0.717, 1.165) is 21.9 Å². The van der Waals surface area contributed by atoms with Crippen molar-refractivity contribution in [3.8, 4) is 22.6 Å². The first-order valence-electron chi connectivity index (χ1n) is 11.0. The Morgan fingerprint density at radius 1 is 1.00 bits per heavy atom. The minimum absolute atomic E-state index is 0.255. The van der Waals surface area contributed by atoms with Crippen molar-refractivity contribution in [2.75, 3.05) is 19.5 Å². The fourth-order valence-corrected chi connectivity index (χ4v) is 4.98. The number of thiophene rings is 1. The Hall–Kier alpha value is -4.17. The van der Waals surface area contributed by atoms with Crippen LogP contribution in [-0.2, 0) is 4.79 Å². The van der Waals surface area contributed by atoms with Gasteiger partial charge in [-0.05, 0) is 41.5 Å². The van der Waals surface area contributed by atoms with Gasteiger partial charge >= 0.3 is 0 Å². The van der Waals surface area contributed by atoms with Crippen molar-refractivity contribution in [3.05, 3.63) is 82.7 Å². The Kier molecular flexibility index (Phi) is 5.96. The first-order chi connectivity index (χ1) is 17.0. The van der Waals surface area contributed by atoms with Crippen LogP contribution in [0.3, 0.4) is 0 Å². The fourth-order valence-electron chi connectivity index (χ4n) is 4.08. The summed E-state index contributed by atoms with van der Waals surface area (Å²) >= 11 is 1.42. The summed E-state index contributed by atoms with van der Waals surface area (Å²) in [5.74, 6) is 0.711. The van der Waals surface area contributed by atoms with Gasteiger partial charge in [-0.1, -0.05) is 36.4 Å². The summed E-state index contributed by atoms with van der Waals surface area (Å²) in [6.07, 6.45) is 1.43. The third-order valence-electron chi connectivity index (χ3n) is 6.03. The van der Waals surface area contributed by atoms with Gasteiger partial charge in [-0.25, -0.2) is 4.98 Å². The largest absolute Gasteiger partial charge is 0.493 e. The number of hydrogen-bond acceptors (Lipinski definition) is 6. The third kappa shape index (κ3) is 4.13. The van der Waals surface area contributed by atoms with E-state index in [1.807, 2.05) is 35.7 Å². The minimum Gasteiger partial charge on any atom is -0.493 e. The number of methoxy groups -OCH3 is 2. The van der Waals surface area contributed by atoms with Crippen molar-refractivity contribution in [1.82, 2.24) is 9.55 Å². The molecule has 3 aromatic carbocycles. The number of ether oxygens (including phenoxy) is 2. The monoisotopic (exact) mass is 485 g/mol. The lowest BCUT2D eigenvalue weighted by molar-refractivity contribution is -0.118. The molecule has 1 atom stereocenters. The summed E-state index contributed by atoms with van der Waals surface area (Å²) in [6, 6.07) is 18.5. The lowest BCUT2D eigenvalue weighted by Gasteiger charge is -2.16. The first-order valence-corrected chi connectivity index (χ1v) is 11.9. The maximum Gasteiger partial charge on any atom is 0.263 e. The van der Waals surface area contributed by atoms with E-state index in [1.54, 1.807) is 32.2 Å². The van der Waals surface area contributed by atoms with Crippen LogP contribution in [0.5, 0.6) is 11.5 Å². The summed E-state index contributed by atoms with van der Waals surface area (Å²) in [6.45, 7) is 1.67. The van der Waals surface area contributed by atoms with Gasteiger partial charge in [0.05, 0.1) is 25.9 Å². The van der Waals surface area contributed by atoms with Gasteiger partial charge in [-0.15, -0.1) is 11.3 Å². The molecule has 0 saturated carbocycles. The summed E-state index contributed by atoms with van der Waals surface area (Å²) in [5, 5.41) is 7.53. The average Bonchev–Trinajstić information content (AvgIpc) is 3.33. The van der Waals surface area contributed by atoms with Crippen LogP contribution in [0.15, 0.2) is 77.2 Å². The molecule has 1 N–H and O–H groups in total. The Labute approximate surface area is 205 Å². The van der Waals surface area contributed by atoms with Crippen LogP contribution in [0.25, 0.3) is 32.1 Å². The maximum absolute atomic E-state index is 13.5. The molecule has 7 nitrogen and oxygen atoms in total. The molecule has 5 aromatic rings. The van der Waals surface area contributed by atoms with Gasteiger partial charge in [-0.3, -0.25) is 14.2 Å². The highest BCUT2D eigenvalue weighted by molar-refractivity contribution is 7.17. The molecule has 176 valence electrons. The quantitative estimate of drug-likeness (QED) is 0.344. The zero-order valence-electron chi connectivity index (χ0n) is 19.4. The second-order valence-electron chi connectivity index (χ2n) is 8.08. The number of benzene rings is 3. The van der Waals surface area contributed by atoms with Gasteiger partial charge in [-0.2, -0.15) is 0 Å². The number of amides is 1. The number of aromatic nitrogens is 2. The molecule has 0 spiro atoms. The predicted octanol–water partition coefficient (Wildman–Crippen LogP) is 5.50. The van der Waals surface area contributed by atoms with Crippen LogP contribution in [0.1, 0.15) is 13.0 Å². The van der Waals surface area contributed by atoms with Crippen LogP contribution in [-0.4, -0.2) is 29.7 Å². The van der Waals surface area contributed by atoms with Crippen molar-refractivity contribution in [2.45, 2.75) is 13.0 Å². The average molecular weight is 486 g/mol. The van der Waals surface area contributed by atoms with Gasteiger partial charge in [0.25, 0.3) is 5.56 Å². The van der Waals surface area contributed by atoms with Crippen LogP contribution in [0, 0.1) is 0 Å². The van der Waals surface area contributed by atoms with Gasteiger partial charge in [0.1, 0.15) is 10.9 Å². The van der Waals surface area contributed by atoms with Gasteiger partial charge in [0, 0.05) is 22.7 Å². The van der Waals surface area contributed by atoms with Crippen molar-refractivity contribution in [2.24, 2.45) is 0 Å². The Balaban J connectivity index is 1.49. The summed E-state index contributed by atoms with van der Waals surface area (Å²) in [5.41, 5.74) is 2.03. The van der Waals surface area contributed by atoms with E-state index in [0.29, 0.717) is 27.4 Å². The zero-order chi connectivity index (χ0) is 24.5. The van der Waals surface area contributed by atoms with Crippen molar-refractivity contribution < 1.29 is 14.3 Å². The molecule has 0 aliphatic heterocycles. The number of carbonyl (C=O) groups is 1. The molecule has 0 bridgehead atoms. The second-order valence-corrected chi connectivity index (χ2v) is 8.94. The van der Waals surface area contributed by atoms with Gasteiger partial charge in [0.2, 0.25) is 5.91 Å². The van der Waals surface area contributed by atoms with Gasteiger partial charge in [0.15, 0.2) is 11.5 Å². The molecule has 5 rings (SSSR count). The number of carbonyl (C=O) groups excluding carboxylic acids is 1. The molecule has 0 aliphatic carbocycles. The number of nitrogens with zero attached hydrogens (tertiary/aromatic N) is 2. The van der Waals surface area contributed by atoms with Gasteiger partial charge < -0.3 is 14.8 Å². The zero-order valence-corrected chi connectivity index (χ0v) is 20.3. The Morgan fingerprint density at radius 3 is 2.54 bits per heavy atom. The highest BCUT2D eigenvalue weighted by atomic mass is 32.1. The highest BCUT2D eigenvalue weighted by Gasteiger charge is 2.21. The summed E-state index contributed by atoms with van der Waals surface area (Å²) < 4.78 is 11.9. The van der Waals surface area contributed by atoms with Crippen LogP contribution < -0.4 is 20.3 Å². The maximum atomic E-state index is 13.5. The van der Waals surface area contributed by atoms with Crippen molar-refractivity contribution in [3.63, 3.8) is 0 Å². The molecule has 1 unspecified atom stereocenters. The lowest BCUT2D eigenvalue weighted by atomic mass is 10.0. The fraction of sp³-hybridized carbons (Fsp3) is 0.148. The lowest BCUT2D eigenvalue weighted by Crippen LogP contribution is -2.31. The number of anilines is 1. The molecule has 2 aromatic heterocycles. The second kappa shape index (κ2) is 9.23. The molecule has 2 heterocycles. The Bertz CT molecular complexity index is 1620. The third-order valence-corrected chi connectivity index (χ3v) is 6.91. The van der Waals surface area contributed by atoms with E-state index >= 15 is 0 Å². The van der Waals surface area contributed by atoms with E-state index in [9.17, 15) is 9.59 Å². The Morgan fingerprint density at radius 2 is 1.77 bits per heavy atom. The molecule has 1 amide bonds. The highest BCUT2D eigenvalue weighted by Crippen LogP contribution is 2.33. The smallest absolute Gasteiger partial charge is 0.263 e. The molecular formula is C27H23N3O4S. The van der Waals surface area contributed by atoms with Crippen LogP contribution in [0.2, 0.25) is 0 Å².